The van der Waals surface area contributed by atoms with Crippen LogP contribution in [0.4, 0.5) is 0 Å². The van der Waals surface area contributed by atoms with Gasteiger partial charge in [0.2, 0.25) is 5.91 Å². The van der Waals surface area contributed by atoms with Crippen molar-refractivity contribution in [1.29, 1.82) is 0 Å². The van der Waals surface area contributed by atoms with Crippen molar-refractivity contribution in [1.82, 2.24) is 4.90 Å². The number of hydrogen-bond donors (Lipinski definition) is 0. The summed E-state index contributed by atoms with van der Waals surface area (Å²) in [6.45, 7) is 12.1. The van der Waals surface area contributed by atoms with E-state index in [9.17, 15) is 4.79 Å². The molecule has 0 heterocycles. The van der Waals surface area contributed by atoms with Gasteiger partial charge in [-0.15, -0.1) is 0 Å². The second-order valence-electron chi connectivity index (χ2n) is 4.53. The first-order valence-corrected chi connectivity index (χ1v) is 5.39. The Balaban J connectivity index is 4.30. The van der Waals surface area contributed by atoms with Gasteiger partial charge < -0.3 is 4.90 Å². The van der Waals surface area contributed by atoms with E-state index < -0.39 is 0 Å². The highest BCUT2D eigenvalue weighted by atomic mass is 16.2. The van der Waals surface area contributed by atoms with Crippen molar-refractivity contribution in [3.05, 3.63) is 12.2 Å². The lowest BCUT2D eigenvalue weighted by atomic mass is 10.1. The summed E-state index contributed by atoms with van der Waals surface area (Å²) < 4.78 is 0. The fraction of sp³-hybridized carbons (Fsp3) is 0.750. The van der Waals surface area contributed by atoms with E-state index in [1.54, 1.807) is 12.2 Å². The molecule has 0 saturated carbocycles. The Morgan fingerprint density at radius 2 is 1.57 bits per heavy atom. The third kappa shape index (κ3) is 5.79. The van der Waals surface area contributed by atoms with Gasteiger partial charge in [0, 0.05) is 13.1 Å². The summed E-state index contributed by atoms with van der Waals surface area (Å²) in [7, 11) is 0. The first-order valence-electron chi connectivity index (χ1n) is 5.39. The van der Waals surface area contributed by atoms with E-state index in [1.807, 2.05) is 11.8 Å². The van der Waals surface area contributed by atoms with Crippen LogP contribution in [0.5, 0.6) is 0 Å². The minimum Gasteiger partial charge on any atom is -0.339 e. The predicted molar refractivity (Wildman–Crippen MR) is 61.1 cm³/mol. The lowest BCUT2D eigenvalue weighted by Gasteiger charge is -2.25. The molecule has 0 unspecified atom stereocenters. The number of rotatable bonds is 5. The van der Waals surface area contributed by atoms with Crippen LogP contribution in [0.2, 0.25) is 0 Å². The third-order valence-electron chi connectivity index (χ3n) is 1.79. The standard InChI is InChI=1S/C12H23NO/c1-6-7-12(14)13(8-10(2)3)9-11(4)5/h6-7,10-11H,8-9H2,1-5H3. The van der Waals surface area contributed by atoms with E-state index in [2.05, 4.69) is 27.7 Å². The van der Waals surface area contributed by atoms with Crippen molar-refractivity contribution >= 4 is 5.91 Å². The number of nitrogens with zero attached hydrogens (tertiary/aromatic N) is 1. The summed E-state index contributed by atoms with van der Waals surface area (Å²) in [5.41, 5.74) is 0. The molecule has 0 radical (unpaired) electrons. The highest BCUT2D eigenvalue weighted by Crippen LogP contribution is 2.04. The molecular formula is C12H23NO. The molecule has 0 rings (SSSR count). The quantitative estimate of drug-likeness (QED) is 0.621. The number of hydrogen-bond acceptors (Lipinski definition) is 1. The molecule has 0 bridgehead atoms. The Bertz CT molecular complexity index is 184. The van der Waals surface area contributed by atoms with Crippen LogP contribution in [-0.2, 0) is 4.79 Å². The fourth-order valence-corrected chi connectivity index (χ4v) is 1.38. The smallest absolute Gasteiger partial charge is 0.246 e. The lowest BCUT2D eigenvalue weighted by molar-refractivity contribution is -0.127. The average Bonchev–Trinajstić information content (AvgIpc) is 2.01. The molecule has 0 aliphatic carbocycles. The van der Waals surface area contributed by atoms with Gasteiger partial charge in [0.15, 0.2) is 0 Å². The van der Waals surface area contributed by atoms with Gasteiger partial charge in [-0.05, 0) is 24.8 Å². The Hall–Kier alpha value is -0.790. The second-order valence-corrected chi connectivity index (χ2v) is 4.53. The van der Waals surface area contributed by atoms with E-state index in [0.29, 0.717) is 11.8 Å². The number of carbonyl (C=O) groups is 1. The maximum atomic E-state index is 11.7. The zero-order chi connectivity index (χ0) is 11.1. The summed E-state index contributed by atoms with van der Waals surface area (Å²) in [6.07, 6.45) is 3.45. The van der Waals surface area contributed by atoms with Gasteiger partial charge in [-0.25, -0.2) is 0 Å². The van der Waals surface area contributed by atoms with E-state index in [0.717, 1.165) is 13.1 Å². The van der Waals surface area contributed by atoms with E-state index in [4.69, 9.17) is 0 Å². The average molecular weight is 197 g/mol. The molecular weight excluding hydrogens is 174 g/mol. The second kappa shape index (κ2) is 6.63. The van der Waals surface area contributed by atoms with Gasteiger partial charge in [-0.1, -0.05) is 33.8 Å². The molecule has 0 aromatic rings. The van der Waals surface area contributed by atoms with Crippen LogP contribution in [0, 0.1) is 11.8 Å². The Labute approximate surface area is 88.0 Å². The van der Waals surface area contributed by atoms with Gasteiger partial charge in [-0.3, -0.25) is 4.79 Å². The zero-order valence-corrected chi connectivity index (χ0v) is 10.1. The SMILES string of the molecule is CC=CC(=O)N(CC(C)C)CC(C)C. The van der Waals surface area contributed by atoms with Crippen molar-refractivity contribution in [2.24, 2.45) is 11.8 Å². The summed E-state index contributed by atoms with van der Waals surface area (Å²) >= 11 is 0. The van der Waals surface area contributed by atoms with Crippen LogP contribution in [0.1, 0.15) is 34.6 Å². The molecule has 0 atom stereocenters. The first-order chi connectivity index (χ1) is 6.47. The van der Waals surface area contributed by atoms with Crippen LogP contribution in [-0.4, -0.2) is 23.9 Å². The maximum absolute atomic E-state index is 11.7. The molecule has 2 nitrogen and oxygen atoms in total. The molecule has 0 aliphatic heterocycles. The van der Waals surface area contributed by atoms with Gasteiger partial charge in [-0.2, -0.15) is 0 Å². The molecule has 0 saturated heterocycles. The van der Waals surface area contributed by atoms with Crippen LogP contribution in [0.3, 0.4) is 0 Å². The molecule has 0 spiro atoms. The fourth-order valence-electron chi connectivity index (χ4n) is 1.38. The molecule has 0 N–H and O–H groups in total. The predicted octanol–water partition coefficient (Wildman–Crippen LogP) is 2.70. The molecule has 82 valence electrons. The minimum absolute atomic E-state index is 0.134. The highest BCUT2D eigenvalue weighted by Gasteiger charge is 2.13. The summed E-state index contributed by atoms with van der Waals surface area (Å²) in [6, 6.07) is 0. The zero-order valence-electron chi connectivity index (χ0n) is 10.1. The van der Waals surface area contributed by atoms with Crippen LogP contribution < -0.4 is 0 Å². The lowest BCUT2D eigenvalue weighted by Crippen LogP contribution is -2.35. The monoisotopic (exact) mass is 197 g/mol. The van der Waals surface area contributed by atoms with Gasteiger partial charge in [0.1, 0.15) is 0 Å². The molecule has 2 heteroatoms. The van der Waals surface area contributed by atoms with Crippen molar-refractivity contribution < 1.29 is 4.79 Å². The largest absolute Gasteiger partial charge is 0.339 e. The normalized spacial score (nSPS) is 11.6. The molecule has 0 aromatic heterocycles. The van der Waals surface area contributed by atoms with Gasteiger partial charge in [0.25, 0.3) is 0 Å². The van der Waals surface area contributed by atoms with Gasteiger partial charge in [0.05, 0.1) is 0 Å². The summed E-state index contributed by atoms with van der Waals surface area (Å²) in [5.74, 6) is 1.20. The van der Waals surface area contributed by atoms with E-state index in [-0.39, 0.29) is 5.91 Å². The van der Waals surface area contributed by atoms with Crippen molar-refractivity contribution in [3.8, 4) is 0 Å². The minimum atomic E-state index is 0.134. The van der Waals surface area contributed by atoms with Gasteiger partial charge >= 0.3 is 0 Å². The van der Waals surface area contributed by atoms with Crippen LogP contribution in [0.25, 0.3) is 0 Å². The van der Waals surface area contributed by atoms with Crippen LogP contribution in [0.15, 0.2) is 12.2 Å². The first kappa shape index (κ1) is 13.2. The van der Waals surface area contributed by atoms with Crippen LogP contribution >= 0.6 is 0 Å². The van der Waals surface area contributed by atoms with E-state index >= 15 is 0 Å². The molecule has 0 aliphatic rings. The third-order valence-corrected chi connectivity index (χ3v) is 1.79. The van der Waals surface area contributed by atoms with Crippen molar-refractivity contribution in [2.75, 3.05) is 13.1 Å². The number of amides is 1. The van der Waals surface area contributed by atoms with Crippen molar-refractivity contribution in [2.45, 2.75) is 34.6 Å². The molecule has 0 aromatic carbocycles. The molecule has 14 heavy (non-hydrogen) atoms. The summed E-state index contributed by atoms with van der Waals surface area (Å²) in [5, 5.41) is 0. The molecule has 0 fully saturated rings. The number of carbonyl (C=O) groups excluding carboxylic acids is 1. The maximum Gasteiger partial charge on any atom is 0.246 e. The highest BCUT2D eigenvalue weighted by molar-refractivity contribution is 5.87. The van der Waals surface area contributed by atoms with Crippen molar-refractivity contribution in [3.63, 3.8) is 0 Å². The topological polar surface area (TPSA) is 20.3 Å². The van der Waals surface area contributed by atoms with E-state index in [1.165, 1.54) is 0 Å². The Kier molecular flexibility index (Phi) is 6.26. The Morgan fingerprint density at radius 1 is 1.14 bits per heavy atom. The number of allylic oxidation sites excluding steroid dienone is 1. The Morgan fingerprint density at radius 3 is 1.86 bits per heavy atom. The summed E-state index contributed by atoms with van der Waals surface area (Å²) in [4.78, 5) is 13.6. The molecule has 1 amide bonds.